The van der Waals surface area contributed by atoms with Gasteiger partial charge in [-0.1, -0.05) is 0 Å². The SMILES string of the molecule is CC(C)Oc1cncc(C(=O)N[C@@H]2CCO[C@@H]2C(=O)O)c1. The zero-order chi connectivity index (χ0) is 15.4. The highest BCUT2D eigenvalue weighted by Crippen LogP contribution is 2.16. The van der Waals surface area contributed by atoms with Gasteiger partial charge in [-0.25, -0.2) is 4.79 Å². The molecule has 7 heteroatoms. The number of hydrogen-bond donors (Lipinski definition) is 2. The van der Waals surface area contributed by atoms with E-state index in [2.05, 4.69) is 10.3 Å². The second kappa shape index (κ2) is 6.53. The van der Waals surface area contributed by atoms with E-state index in [1.54, 1.807) is 6.07 Å². The average Bonchev–Trinajstić information content (AvgIpc) is 2.86. The van der Waals surface area contributed by atoms with Crippen molar-refractivity contribution in [3.05, 3.63) is 24.0 Å². The summed E-state index contributed by atoms with van der Waals surface area (Å²) >= 11 is 0. The first-order chi connectivity index (χ1) is 9.97. The summed E-state index contributed by atoms with van der Waals surface area (Å²) in [6.07, 6.45) is 2.38. The van der Waals surface area contributed by atoms with Gasteiger partial charge in [0.05, 0.1) is 23.9 Å². The van der Waals surface area contributed by atoms with Crippen molar-refractivity contribution >= 4 is 11.9 Å². The number of aliphatic carboxylic acids is 1. The fraction of sp³-hybridized carbons (Fsp3) is 0.500. The second-order valence-corrected chi connectivity index (χ2v) is 5.07. The summed E-state index contributed by atoms with van der Waals surface area (Å²) in [4.78, 5) is 27.1. The molecule has 1 aromatic rings. The zero-order valence-electron chi connectivity index (χ0n) is 11.9. The molecule has 2 N–H and O–H groups in total. The fourth-order valence-corrected chi connectivity index (χ4v) is 2.11. The Morgan fingerprint density at radius 1 is 1.48 bits per heavy atom. The third-order valence-electron chi connectivity index (χ3n) is 3.00. The lowest BCUT2D eigenvalue weighted by Gasteiger charge is -2.16. The number of nitrogens with one attached hydrogen (secondary N) is 1. The largest absolute Gasteiger partial charge is 0.489 e. The normalized spacial score (nSPS) is 21.3. The Morgan fingerprint density at radius 3 is 2.90 bits per heavy atom. The molecule has 0 unspecified atom stereocenters. The standard InChI is InChI=1S/C14H18N2O5/c1-8(2)21-10-5-9(6-15-7-10)13(17)16-11-3-4-20-12(11)14(18)19/h5-8,11-12H,3-4H2,1-2H3,(H,16,17)(H,18,19)/t11-,12+/m1/s1. The lowest BCUT2D eigenvalue weighted by atomic mass is 10.1. The Labute approximate surface area is 122 Å². The van der Waals surface area contributed by atoms with Gasteiger partial charge in [-0.05, 0) is 26.3 Å². The first-order valence-electron chi connectivity index (χ1n) is 6.74. The molecule has 1 aliphatic rings. The minimum Gasteiger partial charge on any atom is -0.489 e. The molecule has 2 rings (SSSR count). The van der Waals surface area contributed by atoms with Gasteiger partial charge >= 0.3 is 5.97 Å². The van der Waals surface area contributed by atoms with Crippen LogP contribution in [0.5, 0.6) is 5.75 Å². The van der Waals surface area contributed by atoms with Crippen molar-refractivity contribution in [1.82, 2.24) is 10.3 Å². The van der Waals surface area contributed by atoms with Gasteiger partial charge < -0.3 is 19.9 Å². The number of carboxylic acids is 1. The van der Waals surface area contributed by atoms with E-state index in [9.17, 15) is 9.59 Å². The topological polar surface area (TPSA) is 97.8 Å². The van der Waals surface area contributed by atoms with Gasteiger partial charge in [0.15, 0.2) is 6.10 Å². The predicted molar refractivity (Wildman–Crippen MR) is 73.2 cm³/mol. The van der Waals surface area contributed by atoms with Crippen molar-refractivity contribution < 1.29 is 24.2 Å². The van der Waals surface area contributed by atoms with E-state index in [0.29, 0.717) is 24.3 Å². The number of amides is 1. The summed E-state index contributed by atoms with van der Waals surface area (Å²) in [7, 11) is 0. The fourth-order valence-electron chi connectivity index (χ4n) is 2.11. The number of carbonyl (C=O) groups is 2. The molecule has 0 aliphatic carbocycles. The van der Waals surface area contributed by atoms with E-state index in [1.807, 2.05) is 13.8 Å². The smallest absolute Gasteiger partial charge is 0.334 e. The highest BCUT2D eigenvalue weighted by molar-refractivity contribution is 5.94. The van der Waals surface area contributed by atoms with Gasteiger partial charge in [-0.15, -0.1) is 0 Å². The van der Waals surface area contributed by atoms with Crippen molar-refractivity contribution in [2.45, 2.75) is 38.5 Å². The molecule has 114 valence electrons. The van der Waals surface area contributed by atoms with Crippen LogP contribution in [0, 0.1) is 0 Å². The van der Waals surface area contributed by atoms with Gasteiger partial charge in [0, 0.05) is 12.8 Å². The van der Waals surface area contributed by atoms with Crippen LogP contribution >= 0.6 is 0 Å². The lowest BCUT2D eigenvalue weighted by Crippen LogP contribution is -2.44. The molecule has 1 fully saturated rings. The number of rotatable bonds is 5. The summed E-state index contributed by atoms with van der Waals surface area (Å²) in [6.45, 7) is 4.07. The Kier molecular flexibility index (Phi) is 4.74. The summed E-state index contributed by atoms with van der Waals surface area (Å²) in [5.74, 6) is -0.971. The van der Waals surface area contributed by atoms with E-state index in [-0.39, 0.29) is 6.10 Å². The van der Waals surface area contributed by atoms with Crippen LogP contribution in [0.3, 0.4) is 0 Å². The second-order valence-electron chi connectivity index (χ2n) is 5.07. The molecule has 2 heterocycles. The van der Waals surface area contributed by atoms with Gasteiger partial charge in [0.25, 0.3) is 5.91 Å². The maximum Gasteiger partial charge on any atom is 0.334 e. The molecule has 1 aromatic heterocycles. The first-order valence-corrected chi connectivity index (χ1v) is 6.74. The van der Waals surface area contributed by atoms with Crippen LogP contribution in [-0.4, -0.2) is 46.8 Å². The third-order valence-corrected chi connectivity index (χ3v) is 3.00. The van der Waals surface area contributed by atoms with Crippen molar-refractivity contribution in [2.75, 3.05) is 6.61 Å². The number of carbonyl (C=O) groups excluding carboxylic acids is 1. The molecule has 0 radical (unpaired) electrons. The quantitative estimate of drug-likeness (QED) is 0.835. The lowest BCUT2D eigenvalue weighted by molar-refractivity contribution is -0.148. The highest BCUT2D eigenvalue weighted by atomic mass is 16.5. The van der Waals surface area contributed by atoms with E-state index >= 15 is 0 Å². The number of hydrogen-bond acceptors (Lipinski definition) is 5. The van der Waals surface area contributed by atoms with Crippen LogP contribution in [0.2, 0.25) is 0 Å². The van der Waals surface area contributed by atoms with Gasteiger partial charge in [0.1, 0.15) is 5.75 Å². The van der Waals surface area contributed by atoms with E-state index < -0.39 is 24.0 Å². The molecule has 0 saturated carbocycles. The summed E-state index contributed by atoms with van der Waals surface area (Å²) in [5.41, 5.74) is 0.323. The molecule has 0 bridgehead atoms. The third kappa shape index (κ3) is 3.91. The molecule has 0 spiro atoms. The molecule has 7 nitrogen and oxygen atoms in total. The molecule has 1 aliphatic heterocycles. The Hall–Kier alpha value is -2.15. The van der Waals surface area contributed by atoms with Gasteiger partial charge in [-0.3, -0.25) is 9.78 Å². The Morgan fingerprint density at radius 2 is 2.24 bits per heavy atom. The Balaban J connectivity index is 2.04. The predicted octanol–water partition coefficient (Wildman–Crippen LogP) is 0.841. The minimum atomic E-state index is -1.08. The van der Waals surface area contributed by atoms with Crippen LogP contribution in [0.15, 0.2) is 18.5 Å². The molecular weight excluding hydrogens is 276 g/mol. The summed E-state index contributed by atoms with van der Waals surface area (Å²) in [6, 6.07) is 1.04. The van der Waals surface area contributed by atoms with Crippen LogP contribution in [-0.2, 0) is 9.53 Å². The van der Waals surface area contributed by atoms with Crippen LogP contribution in [0.25, 0.3) is 0 Å². The van der Waals surface area contributed by atoms with Crippen LogP contribution in [0.1, 0.15) is 30.6 Å². The number of nitrogens with zero attached hydrogens (tertiary/aromatic N) is 1. The minimum absolute atomic E-state index is 0.0234. The van der Waals surface area contributed by atoms with Crippen molar-refractivity contribution in [3.8, 4) is 5.75 Å². The highest BCUT2D eigenvalue weighted by Gasteiger charge is 2.35. The van der Waals surface area contributed by atoms with E-state index in [1.165, 1.54) is 12.4 Å². The number of aromatic nitrogens is 1. The van der Waals surface area contributed by atoms with Gasteiger partial charge in [0.2, 0.25) is 0 Å². The van der Waals surface area contributed by atoms with Crippen LogP contribution in [0.4, 0.5) is 0 Å². The maximum atomic E-state index is 12.2. The van der Waals surface area contributed by atoms with E-state index in [0.717, 1.165) is 0 Å². The molecular formula is C14H18N2O5. The summed E-state index contributed by atoms with van der Waals surface area (Å²) < 4.78 is 10.6. The first kappa shape index (κ1) is 15.2. The van der Waals surface area contributed by atoms with Crippen molar-refractivity contribution in [3.63, 3.8) is 0 Å². The van der Waals surface area contributed by atoms with Crippen LogP contribution < -0.4 is 10.1 Å². The van der Waals surface area contributed by atoms with Gasteiger partial charge in [-0.2, -0.15) is 0 Å². The summed E-state index contributed by atoms with van der Waals surface area (Å²) in [5, 5.41) is 11.7. The molecule has 2 atom stereocenters. The monoisotopic (exact) mass is 294 g/mol. The van der Waals surface area contributed by atoms with Crippen molar-refractivity contribution in [2.24, 2.45) is 0 Å². The Bertz CT molecular complexity index is 532. The zero-order valence-corrected chi connectivity index (χ0v) is 11.9. The maximum absolute atomic E-state index is 12.2. The number of carboxylic acid groups (broad SMARTS) is 1. The number of pyridine rings is 1. The van der Waals surface area contributed by atoms with E-state index in [4.69, 9.17) is 14.6 Å². The molecule has 1 saturated heterocycles. The molecule has 0 aromatic carbocycles. The number of ether oxygens (including phenoxy) is 2. The molecule has 1 amide bonds. The average molecular weight is 294 g/mol. The van der Waals surface area contributed by atoms with Crippen molar-refractivity contribution in [1.29, 1.82) is 0 Å². The molecule has 21 heavy (non-hydrogen) atoms.